The number of aliphatic carboxylic acids is 1. The zero-order valence-corrected chi connectivity index (χ0v) is 11.3. The topological polar surface area (TPSA) is 78.4 Å². The molecule has 0 saturated carbocycles. The third-order valence-corrected chi connectivity index (χ3v) is 2.78. The summed E-state index contributed by atoms with van der Waals surface area (Å²) >= 11 is 0. The fourth-order valence-corrected chi connectivity index (χ4v) is 1.75. The van der Waals surface area contributed by atoms with Crippen LogP contribution in [-0.4, -0.2) is 23.7 Å². The van der Waals surface area contributed by atoms with Crippen LogP contribution in [0.1, 0.15) is 25.8 Å². The summed E-state index contributed by atoms with van der Waals surface area (Å²) in [7, 11) is 0. The lowest BCUT2D eigenvalue weighted by molar-refractivity contribution is -0.137. The second-order valence-electron chi connectivity index (χ2n) is 4.55. The molecule has 1 atom stereocenters. The lowest BCUT2D eigenvalue weighted by atomic mass is 10.1. The van der Waals surface area contributed by atoms with Crippen LogP contribution < -0.4 is 10.6 Å². The summed E-state index contributed by atoms with van der Waals surface area (Å²) in [4.78, 5) is 22.2. The van der Waals surface area contributed by atoms with Crippen LogP contribution in [0.2, 0.25) is 0 Å². The fourth-order valence-electron chi connectivity index (χ4n) is 1.75. The van der Waals surface area contributed by atoms with Gasteiger partial charge in [0.1, 0.15) is 0 Å². The zero-order valence-electron chi connectivity index (χ0n) is 11.3. The van der Waals surface area contributed by atoms with Gasteiger partial charge in [0.15, 0.2) is 0 Å². The molecule has 2 amide bonds. The van der Waals surface area contributed by atoms with Crippen LogP contribution in [0.15, 0.2) is 24.3 Å². The van der Waals surface area contributed by atoms with E-state index in [0.29, 0.717) is 6.54 Å². The monoisotopic (exact) mass is 264 g/mol. The van der Waals surface area contributed by atoms with Gasteiger partial charge in [0, 0.05) is 18.7 Å². The van der Waals surface area contributed by atoms with Gasteiger partial charge in [-0.3, -0.25) is 4.79 Å². The fraction of sp³-hybridized carbons (Fsp3) is 0.429. The molecule has 0 heterocycles. The molecule has 1 unspecified atom stereocenters. The number of urea groups is 1. The number of benzene rings is 1. The third-order valence-electron chi connectivity index (χ3n) is 2.78. The second-order valence-corrected chi connectivity index (χ2v) is 4.55. The molecule has 0 aromatic heterocycles. The molecule has 0 saturated heterocycles. The van der Waals surface area contributed by atoms with E-state index in [-0.39, 0.29) is 18.4 Å². The molecular formula is C14H20N2O3. The van der Waals surface area contributed by atoms with E-state index in [1.54, 1.807) is 6.92 Å². The average molecular weight is 264 g/mol. The molecule has 104 valence electrons. The highest BCUT2D eigenvalue weighted by atomic mass is 16.4. The van der Waals surface area contributed by atoms with E-state index >= 15 is 0 Å². The molecule has 0 spiro atoms. The van der Waals surface area contributed by atoms with Crippen LogP contribution in [0.3, 0.4) is 0 Å². The van der Waals surface area contributed by atoms with Crippen molar-refractivity contribution in [3.8, 4) is 0 Å². The van der Waals surface area contributed by atoms with Crippen molar-refractivity contribution in [1.82, 2.24) is 5.32 Å². The summed E-state index contributed by atoms with van der Waals surface area (Å²) in [5.41, 5.74) is 1.85. The van der Waals surface area contributed by atoms with E-state index in [1.807, 2.05) is 31.2 Å². The maximum Gasteiger partial charge on any atom is 0.319 e. The SMILES string of the molecule is CCc1ccccc1NC(=O)NCC(C)CC(=O)O. The predicted molar refractivity (Wildman–Crippen MR) is 74.3 cm³/mol. The Morgan fingerprint density at radius 3 is 2.63 bits per heavy atom. The number of carboxylic acid groups (broad SMARTS) is 1. The number of hydrogen-bond donors (Lipinski definition) is 3. The van der Waals surface area contributed by atoms with E-state index in [9.17, 15) is 9.59 Å². The molecule has 5 heteroatoms. The Kier molecular flexibility index (Phi) is 5.85. The predicted octanol–water partition coefficient (Wildman–Crippen LogP) is 2.48. The molecule has 5 nitrogen and oxygen atoms in total. The summed E-state index contributed by atoms with van der Waals surface area (Å²) < 4.78 is 0. The van der Waals surface area contributed by atoms with Crippen LogP contribution in [0.5, 0.6) is 0 Å². The van der Waals surface area contributed by atoms with Crippen molar-refractivity contribution in [2.45, 2.75) is 26.7 Å². The highest BCUT2D eigenvalue weighted by Gasteiger charge is 2.10. The van der Waals surface area contributed by atoms with E-state index in [2.05, 4.69) is 10.6 Å². The molecular weight excluding hydrogens is 244 g/mol. The van der Waals surface area contributed by atoms with Gasteiger partial charge in [-0.25, -0.2) is 4.79 Å². The van der Waals surface area contributed by atoms with Gasteiger partial charge >= 0.3 is 12.0 Å². The van der Waals surface area contributed by atoms with Gasteiger partial charge < -0.3 is 15.7 Å². The number of nitrogens with one attached hydrogen (secondary N) is 2. The Labute approximate surface area is 113 Å². The number of aryl methyl sites for hydroxylation is 1. The van der Waals surface area contributed by atoms with Crippen molar-refractivity contribution in [3.63, 3.8) is 0 Å². The molecule has 0 aliphatic rings. The van der Waals surface area contributed by atoms with Gasteiger partial charge in [-0.05, 0) is 24.0 Å². The molecule has 19 heavy (non-hydrogen) atoms. The van der Waals surface area contributed by atoms with Crippen LogP contribution >= 0.6 is 0 Å². The number of carbonyl (C=O) groups is 2. The van der Waals surface area contributed by atoms with Crippen molar-refractivity contribution in [2.75, 3.05) is 11.9 Å². The van der Waals surface area contributed by atoms with Crippen LogP contribution in [-0.2, 0) is 11.2 Å². The lowest BCUT2D eigenvalue weighted by Gasteiger charge is -2.13. The van der Waals surface area contributed by atoms with Crippen molar-refractivity contribution in [2.24, 2.45) is 5.92 Å². The summed E-state index contributed by atoms with van der Waals surface area (Å²) in [6.07, 6.45) is 0.887. The van der Waals surface area contributed by atoms with Crippen molar-refractivity contribution < 1.29 is 14.7 Å². The number of carboxylic acids is 1. The first kappa shape index (κ1) is 15.0. The Morgan fingerprint density at radius 1 is 1.32 bits per heavy atom. The number of hydrogen-bond acceptors (Lipinski definition) is 2. The standard InChI is InChI=1S/C14H20N2O3/c1-3-11-6-4-5-7-12(11)16-14(19)15-9-10(2)8-13(17)18/h4-7,10H,3,8-9H2,1-2H3,(H,17,18)(H2,15,16,19). The smallest absolute Gasteiger partial charge is 0.319 e. The van der Waals surface area contributed by atoms with E-state index in [0.717, 1.165) is 17.7 Å². The first-order chi connectivity index (χ1) is 9.02. The first-order valence-electron chi connectivity index (χ1n) is 6.37. The number of amides is 2. The van der Waals surface area contributed by atoms with Gasteiger partial charge in [0.05, 0.1) is 0 Å². The van der Waals surface area contributed by atoms with Gasteiger partial charge in [-0.1, -0.05) is 32.0 Å². The van der Waals surface area contributed by atoms with E-state index in [1.165, 1.54) is 0 Å². The molecule has 1 aromatic rings. The molecule has 0 aliphatic heterocycles. The Balaban J connectivity index is 2.45. The largest absolute Gasteiger partial charge is 0.481 e. The minimum atomic E-state index is -0.856. The van der Waals surface area contributed by atoms with Crippen LogP contribution in [0.4, 0.5) is 10.5 Å². The van der Waals surface area contributed by atoms with Crippen LogP contribution in [0, 0.1) is 5.92 Å². The molecule has 0 fully saturated rings. The maximum absolute atomic E-state index is 11.7. The Morgan fingerprint density at radius 2 is 2.00 bits per heavy atom. The van der Waals surface area contributed by atoms with Gasteiger partial charge in [0.25, 0.3) is 0 Å². The maximum atomic E-state index is 11.7. The zero-order chi connectivity index (χ0) is 14.3. The third kappa shape index (κ3) is 5.42. The number of anilines is 1. The molecule has 0 bridgehead atoms. The number of carbonyl (C=O) groups excluding carboxylic acids is 1. The minimum Gasteiger partial charge on any atom is -0.481 e. The van der Waals surface area contributed by atoms with Crippen molar-refractivity contribution in [3.05, 3.63) is 29.8 Å². The van der Waals surface area contributed by atoms with Gasteiger partial charge in [-0.2, -0.15) is 0 Å². The minimum absolute atomic E-state index is 0.0474. The number of para-hydroxylation sites is 1. The summed E-state index contributed by atoms with van der Waals surface area (Å²) in [5.74, 6) is -0.948. The molecule has 0 radical (unpaired) electrons. The van der Waals surface area contributed by atoms with Gasteiger partial charge in [0.2, 0.25) is 0 Å². The summed E-state index contributed by atoms with van der Waals surface area (Å²) in [6, 6.07) is 7.29. The second kappa shape index (κ2) is 7.41. The van der Waals surface area contributed by atoms with Gasteiger partial charge in [-0.15, -0.1) is 0 Å². The van der Waals surface area contributed by atoms with E-state index < -0.39 is 5.97 Å². The molecule has 3 N–H and O–H groups in total. The van der Waals surface area contributed by atoms with Crippen molar-refractivity contribution >= 4 is 17.7 Å². The lowest BCUT2D eigenvalue weighted by Crippen LogP contribution is -2.33. The van der Waals surface area contributed by atoms with E-state index in [4.69, 9.17) is 5.11 Å². The number of rotatable bonds is 6. The summed E-state index contributed by atoms with van der Waals surface area (Å²) in [6.45, 7) is 4.15. The molecule has 1 aromatic carbocycles. The Bertz CT molecular complexity index is 446. The quantitative estimate of drug-likeness (QED) is 0.738. The highest BCUT2D eigenvalue weighted by molar-refractivity contribution is 5.90. The average Bonchev–Trinajstić information content (AvgIpc) is 2.36. The van der Waals surface area contributed by atoms with Crippen LogP contribution in [0.25, 0.3) is 0 Å². The highest BCUT2D eigenvalue weighted by Crippen LogP contribution is 2.15. The summed E-state index contributed by atoms with van der Waals surface area (Å²) in [5, 5.41) is 14.1. The molecule has 1 rings (SSSR count). The normalized spacial score (nSPS) is 11.7. The Hall–Kier alpha value is -2.04. The first-order valence-corrected chi connectivity index (χ1v) is 6.37. The van der Waals surface area contributed by atoms with Crippen molar-refractivity contribution in [1.29, 1.82) is 0 Å². The molecule has 0 aliphatic carbocycles.